The molecule has 1 amide bonds. The Morgan fingerprint density at radius 1 is 1.07 bits per heavy atom. The second-order valence-corrected chi connectivity index (χ2v) is 5.96. The van der Waals surface area contributed by atoms with Crippen LogP contribution in [0.15, 0.2) is 65.6 Å². The molecule has 0 radical (unpaired) electrons. The molecule has 8 heteroatoms. The molecule has 4 aromatic rings. The van der Waals surface area contributed by atoms with E-state index < -0.39 is 0 Å². The van der Waals surface area contributed by atoms with Crippen LogP contribution in [-0.2, 0) is 17.9 Å². The average molecular weight is 360 g/mol. The molecule has 0 fully saturated rings. The lowest BCUT2D eigenvalue weighted by Gasteiger charge is -2.05. The summed E-state index contributed by atoms with van der Waals surface area (Å²) in [7, 11) is 0. The van der Waals surface area contributed by atoms with Crippen LogP contribution >= 0.6 is 0 Å². The van der Waals surface area contributed by atoms with E-state index in [4.69, 9.17) is 0 Å². The van der Waals surface area contributed by atoms with E-state index >= 15 is 0 Å². The minimum atomic E-state index is -0.348. The average Bonchev–Trinajstić information content (AvgIpc) is 3.19. The highest BCUT2D eigenvalue weighted by Gasteiger charge is 2.10. The molecule has 0 aliphatic rings. The molecule has 2 aromatic heterocycles. The van der Waals surface area contributed by atoms with Crippen LogP contribution in [0.5, 0.6) is 0 Å². The summed E-state index contributed by atoms with van der Waals surface area (Å²) in [5, 5.41) is 10.9. The number of hydrogen-bond donors (Lipinski definition) is 2. The monoisotopic (exact) mass is 360 g/mol. The standard InChI is InChI=1S/C19H16N6O2/c26-18(12-25-19(27)14-8-4-5-9-15(14)23-24-25)21-11-17-20-10-16(22-17)13-6-2-1-3-7-13/h1-10H,11-12H2,(H,20,22)(H,21,26). The number of amides is 1. The van der Waals surface area contributed by atoms with E-state index in [0.717, 1.165) is 15.9 Å². The number of carbonyl (C=O) groups is 1. The lowest BCUT2D eigenvalue weighted by molar-refractivity contribution is -0.122. The molecule has 134 valence electrons. The summed E-state index contributed by atoms with van der Waals surface area (Å²) in [5.74, 6) is 0.276. The van der Waals surface area contributed by atoms with Crippen LogP contribution in [0.3, 0.4) is 0 Å². The highest BCUT2D eigenvalue weighted by molar-refractivity contribution is 5.78. The highest BCUT2D eigenvalue weighted by Crippen LogP contribution is 2.15. The molecule has 0 atom stereocenters. The number of imidazole rings is 1. The third-order valence-corrected chi connectivity index (χ3v) is 4.09. The summed E-state index contributed by atoms with van der Waals surface area (Å²) >= 11 is 0. The van der Waals surface area contributed by atoms with Crippen molar-refractivity contribution < 1.29 is 4.79 Å². The number of aromatic nitrogens is 5. The van der Waals surface area contributed by atoms with Gasteiger partial charge in [-0.15, -0.1) is 5.10 Å². The predicted octanol–water partition coefficient (Wildman–Crippen LogP) is 1.50. The zero-order chi connectivity index (χ0) is 18.6. The fourth-order valence-electron chi connectivity index (χ4n) is 2.72. The largest absolute Gasteiger partial charge is 0.347 e. The van der Waals surface area contributed by atoms with Crippen LogP contribution in [0.2, 0.25) is 0 Å². The van der Waals surface area contributed by atoms with Crippen molar-refractivity contribution in [2.24, 2.45) is 0 Å². The zero-order valence-corrected chi connectivity index (χ0v) is 14.3. The van der Waals surface area contributed by atoms with Crippen molar-refractivity contribution in [1.29, 1.82) is 0 Å². The third kappa shape index (κ3) is 3.59. The Balaban J connectivity index is 1.41. The van der Waals surface area contributed by atoms with Gasteiger partial charge in [0.05, 0.1) is 23.8 Å². The molecular weight excluding hydrogens is 344 g/mol. The van der Waals surface area contributed by atoms with Crippen LogP contribution < -0.4 is 10.9 Å². The highest BCUT2D eigenvalue weighted by atomic mass is 16.2. The predicted molar refractivity (Wildman–Crippen MR) is 99.7 cm³/mol. The SMILES string of the molecule is O=C(Cn1nnc2ccccc2c1=O)NCc1ncc(-c2ccccc2)[nH]1. The van der Waals surface area contributed by atoms with Gasteiger partial charge >= 0.3 is 0 Å². The van der Waals surface area contributed by atoms with Crippen molar-refractivity contribution in [3.8, 4) is 11.3 Å². The minimum absolute atomic E-state index is 0.205. The number of benzene rings is 2. The van der Waals surface area contributed by atoms with Crippen LogP contribution in [0.4, 0.5) is 0 Å². The first-order valence-corrected chi connectivity index (χ1v) is 8.39. The van der Waals surface area contributed by atoms with Crippen LogP contribution in [0.1, 0.15) is 5.82 Å². The van der Waals surface area contributed by atoms with E-state index in [1.54, 1.807) is 30.5 Å². The Kier molecular flexibility index (Phi) is 4.44. The van der Waals surface area contributed by atoms with Gasteiger partial charge in [-0.25, -0.2) is 9.67 Å². The molecule has 4 rings (SSSR count). The van der Waals surface area contributed by atoms with Crippen molar-refractivity contribution in [2.45, 2.75) is 13.1 Å². The first kappa shape index (κ1) is 16.6. The normalized spacial score (nSPS) is 10.8. The maximum Gasteiger partial charge on any atom is 0.278 e. The maximum atomic E-state index is 12.4. The number of aromatic amines is 1. The maximum absolute atomic E-state index is 12.4. The van der Waals surface area contributed by atoms with Crippen LogP contribution in [0.25, 0.3) is 22.2 Å². The van der Waals surface area contributed by atoms with Crippen molar-refractivity contribution in [2.75, 3.05) is 0 Å². The number of rotatable bonds is 5. The molecule has 8 nitrogen and oxygen atoms in total. The lowest BCUT2D eigenvalue weighted by Crippen LogP contribution is -2.34. The summed E-state index contributed by atoms with van der Waals surface area (Å²) in [6.45, 7) is 0.0182. The molecule has 0 unspecified atom stereocenters. The van der Waals surface area contributed by atoms with E-state index in [9.17, 15) is 9.59 Å². The summed E-state index contributed by atoms with van der Waals surface area (Å²) in [5.41, 5.74) is 2.04. The van der Waals surface area contributed by atoms with Gasteiger partial charge in [-0.05, 0) is 17.7 Å². The summed E-state index contributed by atoms with van der Waals surface area (Å²) in [4.78, 5) is 32.0. The van der Waals surface area contributed by atoms with Gasteiger partial charge in [-0.2, -0.15) is 0 Å². The van der Waals surface area contributed by atoms with Gasteiger partial charge in [0, 0.05) is 0 Å². The molecule has 0 aliphatic carbocycles. The van der Waals surface area contributed by atoms with Gasteiger partial charge < -0.3 is 10.3 Å². The number of nitrogens with one attached hydrogen (secondary N) is 2. The van der Waals surface area contributed by atoms with Gasteiger partial charge in [0.2, 0.25) is 5.91 Å². The van der Waals surface area contributed by atoms with Crippen molar-refractivity contribution in [3.05, 3.63) is 77.0 Å². The lowest BCUT2D eigenvalue weighted by atomic mass is 10.2. The van der Waals surface area contributed by atoms with Crippen LogP contribution in [0, 0.1) is 0 Å². The van der Waals surface area contributed by atoms with E-state index in [1.807, 2.05) is 30.3 Å². The Labute approximate surface area is 153 Å². The fraction of sp³-hybridized carbons (Fsp3) is 0.105. The Bertz CT molecular complexity index is 1150. The molecule has 0 bridgehead atoms. The molecule has 2 aromatic carbocycles. The molecule has 27 heavy (non-hydrogen) atoms. The number of H-pyrrole nitrogens is 1. The van der Waals surface area contributed by atoms with Gasteiger partial charge in [-0.1, -0.05) is 47.7 Å². The number of carbonyl (C=O) groups excluding carboxylic acids is 1. The van der Waals surface area contributed by atoms with E-state index in [0.29, 0.717) is 16.7 Å². The Morgan fingerprint density at radius 3 is 2.70 bits per heavy atom. The van der Waals surface area contributed by atoms with Gasteiger partial charge in [-0.3, -0.25) is 9.59 Å². The quantitative estimate of drug-likeness (QED) is 0.561. The van der Waals surface area contributed by atoms with E-state index in [2.05, 4.69) is 25.6 Å². The molecule has 2 heterocycles. The van der Waals surface area contributed by atoms with Gasteiger partial charge in [0.1, 0.15) is 17.9 Å². The molecule has 0 saturated carbocycles. The first-order chi connectivity index (χ1) is 13.2. The number of nitrogens with zero attached hydrogens (tertiary/aromatic N) is 4. The smallest absolute Gasteiger partial charge is 0.278 e. The molecule has 0 saturated heterocycles. The second kappa shape index (κ2) is 7.20. The molecule has 0 aliphatic heterocycles. The molecule has 0 spiro atoms. The van der Waals surface area contributed by atoms with Gasteiger partial charge in [0.25, 0.3) is 5.56 Å². The van der Waals surface area contributed by atoms with Crippen LogP contribution in [-0.4, -0.2) is 30.9 Å². The molecule has 2 N–H and O–H groups in total. The van der Waals surface area contributed by atoms with Crippen molar-refractivity contribution in [1.82, 2.24) is 30.3 Å². The number of hydrogen-bond acceptors (Lipinski definition) is 5. The summed E-state index contributed by atoms with van der Waals surface area (Å²) in [6.07, 6.45) is 1.72. The fourth-order valence-corrected chi connectivity index (χ4v) is 2.72. The van der Waals surface area contributed by atoms with E-state index in [-0.39, 0.29) is 24.6 Å². The summed E-state index contributed by atoms with van der Waals surface area (Å²) in [6, 6.07) is 16.7. The second-order valence-electron chi connectivity index (χ2n) is 5.96. The molecular formula is C19H16N6O2. The number of fused-ring (bicyclic) bond motifs is 1. The first-order valence-electron chi connectivity index (χ1n) is 8.39. The van der Waals surface area contributed by atoms with E-state index in [1.165, 1.54) is 0 Å². The summed E-state index contributed by atoms with van der Waals surface area (Å²) < 4.78 is 1.05. The van der Waals surface area contributed by atoms with Gasteiger partial charge in [0.15, 0.2) is 0 Å². The topological polar surface area (TPSA) is 106 Å². The van der Waals surface area contributed by atoms with Crippen molar-refractivity contribution in [3.63, 3.8) is 0 Å². The van der Waals surface area contributed by atoms with Crippen molar-refractivity contribution >= 4 is 16.8 Å². The zero-order valence-electron chi connectivity index (χ0n) is 14.3. The third-order valence-electron chi connectivity index (χ3n) is 4.09. The minimum Gasteiger partial charge on any atom is -0.347 e. The Morgan fingerprint density at radius 2 is 1.85 bits per heavy atom. The Hall–Kier alpha value is -3.81.